The Labute approximate surface area is 82.6 Å². The molecule has 3 N–H and O–H groups in total. The Morgan fingerprint density at radius 2 is 2.31 bits per heavy atom. The van der Waals surface area contributed by atoms with Crippen LogP contribution in [-0.2, 0) is 0 Å². The molecular formula is C10H12ClNO. The quantitative estimate of drug-likeness (QED) is 0.732. The fraction of sp³-hybridized carbons (Fsp3) is 0.200. The van der Waals surface area contributed by atoms with Crippen LogP contribution in [-0.4, -0.2) is 5.11 Å². The van der Waals surface area contributed by atoms with Crippen molar-refractivity contribution >= 4 is 11.6 Å². The Hall–Kier alpha value is -0.990. The molecule has 0 aliphatic rings. The molecule has 0 fully saturated rings. The smallest absolute Gasteiger partial charge is 0.120 e. The van der Waals surface area contributed by atoms with Crippen molar-refractivity contribution in [1.29, 1.82) is 0 Å². The van der Waals surface area contributed by atoms with E-state index in [4.69, 9.17) is 17.3 Å². The van der Waals surface area contributed by atoms with Crippen LogP contribution in [0.4, 0.5) is 0 Å². The van der Waals surface area contributed by atoms with Gasteiger partial charge in [0.25, 0.3) is 0 Å². The zero-order valence-corrected chi connectivity index (χ0v) is 7.96. The summed E-state index contributed by atoms with van der Waals surface area (Å²) < 4.78 is 0. The van der Waals surface area contributed by atoms with E-state index in [1.165, 1.54) is 0 Å². The van der Waals surface area contributed by atoms with Gasteiger partial charge in [-0.3, -0.25) is 0 Å². The first kappa shape index (κ1) is 10.1. The molecule has 0 saturated heterocycles. The summed E-state index contributed by atoms with van der Waals surface area (Å²) in [5, 5.41) is 10.0. The number of hydrogen-bond acceptors (Lipinski definition) is 2. The van der Waals surface area contributed by atoms with Gasteiger partial charge < -0.3 is 10.8 Å². The minimum absolute atomic E-state index is 0.179. The van der Waals surface area contributed by atoms with Crippen LogP contribution >= 0.6 is 11.6 Å². The van der Waals surface area contributed by atoms with Crippen LogP contribution in [0.1, 0.15) is 18.0 Å². The van der Waals surface area contributed by atoms with E-state index < -0.39 is 0 Å². The predicted molar refractivity (Wildman–Crippen MR) is 54.9 cm³/mol. The summed E-state index contributed by atoms with van der Waals surface area (Å²) in [6, 6.07) is 4.60. The maximum atomic E-state index is 9.46. The summed E-state index contributed by atoms with van der Waals surface area (Å²) in [6.07, 6.45) is 2.33. The summed E-state index contributed by atoms with van der Waals surface area (Å²) in [5.41, 5.74) is 6.44. The van der Waals surface area contributed by atoms with Crippen LogP contribution in [0.5, 0.6) is 5.75 Å². The molecule has 1 atom stereocenters. The lowest BCUT2D eigenvalue weighted by Gasteiger charge is -2.11. The van der Waals surface area contributed by atoms with Crippen LogP contribution in [0.25, 0.3) is 0 Å². The van der Waals surface area contributed by atoms with Crippen molar-refractivity contribution in [1.82, 2.24) is 0 Å². The van der Waals surface area contributed by atoms with E-state index in [1.807, 2.05) is 0 Å². The van der Waals surface area contributed by atoms with Gasteiger partial charge in [-0.05, 0) is 24.6 Å². The first-order valence-electron chi connectivity index (χ1n) is 4.00. The third-order valence-electron chi connectivity index (χ3n) is 1.81. The van der Waals surface area contributed by atoms with Crippen molar-refractivity contribution in [3.05, 3.63) is 41.4 Å². The van der Waals surface area contributed by atoms with Gasteiger partial charge in [-0.15, -0.1) is 6.58 Å². The highest BCUT2D eigenvalue weighted by Gasteiger charge is 2.09. The molecule has 0 aliphatic carbocycles. The van der Waals surface area contributed by atoms with E-state index in [-0.39, 0.29) is 11.8 Å². The van der Waals surface area contributed by atoms with Crippen molar-refractivity contribution in [2.24, 2.45) is 5.73 Å². The second-order valence-corrected chi connectivity index (χ2v) is 3.27. The Morgan fingerprint density at radius 3 is 2.92 bits per heavy atom. The Morgan fingerprint density at radius 1 is 1.62 bits per heavy atom. The van der Waals surface area contributed by atoms with Crippen LogP contribution < -0.4 is 5.73 Å². The lowest BCUT2D eigenvalue weighted by atomic mass is 10.0. The van der Waals surface area contributed by atoms with Crippen LogP contribution in [0.15, 0.2) is 30.9 Å². The second-order valence-electron chi connectivity index (χ2n) is 2.83. The minimum Gasteiger partial charge on any atom is -0.508 e. The van der Waals surface area contributed by atoms with Crippen LogP contribution in [0.3, 0.4) is 0 Å². The molecule has 1 aromatic rings. The summed E-state index contributed by atoms with van der Waals surface area (Å²) in [4.78, 5) is 0. The number of phenols is 1. The topological polar surface area (TPSA) is 46.2 Å². The fourth-order valence-corrected chi connectivity index (χ4v) is 1.31. The van der Waals surface area contributed by atoms with Crippen molar-refractivity contribution in [2.45, 2.75) is 12.5 Å². The largest absolute Gasteiger partial charge is 0.508 e. The fourth-order valence-electron chi connectivity index (χ4n) is 1.13. The minimum atomic E-state index is -0.240. The van der Waals surface area contributed by atoms with Gasteiger partial charge in [-0.2, -0.15) is 0 Å². The SMILES string of the molecule is C=CC[C@@H](N)c1cc(Cl)ccc1O. The molecule has 0 radical (unpaired) electrons. The molecule has 0 heterocycles. The normalized spacial score (nSPS) is 12.5. The summed E-state index contributed by atoms with van der Waals surface area (Å²) in [6.45, 7) is 3.58. The molecule has 3 heteroatoms. The molecule has 0 aromatic heterocycles. The number of rotatable bonds is 3. The zero-order valence-electron chi connectivity index (χ0n) is 7.20. The molecule has 0 aliphatic heterocycles. The van der Waals surface area contributed by atoms with Gasteiger partial charge in [0.15, 0.2) is 0 Å². The number of hydrogen-bond donors (Lipinski definition) is 2. The van der Waals surface area contributed by atoms with Crippen molar-refractivity contribution in [2.75, 3.05) is 0 Å². The highest BCUT2D eigenvalue weighted by molar-refractivity contribution is 6.30. The summed E-state index contributed by atoms with van der Waals surface area (Å²) >= 11 is 5.77. The maximum Gasteiger partial charge on any atom is 0.120 e. The van der Waals surface area contributed by atoms with Gasteiger partial charge >= 0.3 is 0 Å². The Bertz CT molecular complexity index is 312. The van der Waals surface area contributed by atoms with E-state index in [9.17, 15) is 5.11 Å². The van der Waals surface area contributed by atoms with E-state index in [2.05, 4.69) is 6.58 Å². The first-order valence-corrected chi connectivity index (χ1v) is 4.38. The van der Waals surface area contributed by atoms with Crippen LogP contribution in [0.2, 0.25) is 5.02 Å². The molecular weight excluding hydrogens is 186 g/mol. The highest BCUT2D eigenvalue weighted by atomic mass is 35.5. The van der Waals surface area contributed by atoms with Gasteiger partial charge in [0.1, 0.15) is 5.75 Å². The van der Waals surface area contributed by atoms with Crippen molar-refractivity contribution < 1.29 is 5.11 Å². The molecule has 0 spiro atoms. The number of halogens is 1. The molecule has 0 amide bonds. The first-order chi connectivity index (χ1) is 6.15. The van der Waals surface area contributed by atoms with Crippen molar-refractivity contribution in [3.63, 3.8) is 0 Å². The zero-order chi connectivity index (χ0) is 9.84. The third kappa shape index (κ3) is 2.47. The van der Waals surface area contributed by atoms with Gasteiger partial charge in [0.2, 0.25) is 0 Å². The maximum absolute atomic E-state index is 9.46. The number of aromatic hydroxyl groups is 1. The molecule has 0 saturated carbocycles. The number of benzene rings is 1. The summed E-state index contributed by atoms with van der Waals surface area (Å²) in [5.74, 6) is 0.179. The van der Waals surface area contributed by atoms with E-state index in [0.29, 0.717) is 17.0 Å². The number of nitrogens with two attached hydrogens (primary N) is 1. The van der Waals surface area contributed by atoms with Gasteiger partial charge in [0.05, 0.1) is 0 Å². The van der Waals surface area contributed by atoms with E-state index in [1.54, 1.807) is 24.3 Å². The van der Waals surface area contributed by atoms with Gasteiger partial charge in [-0.25, -0.2) is 0 Å². The highest BCUT2D eigenvalue weighted by Crippen LogP contribution is 2.27. The molecule has 70 valence electrons. The average molecular weight is 198 g/mol. The van der Waals surface area contributed by atoms with Crippen molar-refractivity contribution in [3.8, 4) is 5.75 Å². The lowest BCUT2D eigenvalue weighted by Crippen LogP contribution is -2.09. The standard InChI is InChI=1S/C10H12ClNO/c1-2-3-9(12)8-6-7(11)4-5-10(8)13/h2,4-6,9,13H,1,3,12H2/t9-/m1/s1. The molecule has 2 nitrogen and oxygen atoms in total. The molecule has 0 bridgehead atoms. The molecule has 1 rings (SSSR count). The molecule has 0 unspecified atom stereocenters. The molecule has 1 aromatic carbocycles. The lowest BCUT2D eigenvalue weighted by molar-refractivity contribution is 0.461. The van der Waals surface area contributed by atoms with E-state index >= 15 is 0 Å². The third-order valence-corrected chi connectivity index (χ3v) is 2.04. The van der Waals surface area contributed by atoms with E-state index in [0.717, 1.165) is 0 Å². The van der Waals surface area contributed by atoms with Crippen LogP contribution in [0, 0.1) is 0 Å². The predicted octanol–water partition coefficient (Wildman–Crippen LogP) is 2.62. The molecule has 13 heavy (non-hydrogen) atoms. The average Bonchev–Trinajstić information content (AvgIpc) is 2.09. The second kappa shape index (κ2) is 4.30. The van der Waals surface area contributed by atoms with Gasteiger partial charge in [-0.1, -0.05) is 17.7 Å². The van der Waals surface area contributed by atoms with Gasteiger partial charge in [0, 0.05) is 16.6 Å². The number of phenolic OH excluding ortho intramolecular Hbond substituents is 1. The Balaban J connectivity index is 2.97. The Kier molecular flexibility index (Phi) is 3.34. The summed E-state index contributed by atoms with van der Waals surface area (Å²) in [7, 11) is 0. The monoisotopic (exact) mass is 197 g/mol.